The fraction of sp³-hybridized carbons (Fsp3) is 0.182. The van der Waals surface area contributed by atoms with Gasteiger partial charge in [-0.15, -0.1) is 0 Å². The lowest BCUT2D eigenvalue weighted by Crippen LogP contribution is -2.36. The highest BCUT2D eigenvalue weighted by atomic mass is 16.4. The number of anilines is 1. The summed E-state index contributed by atoms with van der Waals surface area (Å²) >= 11 is 0. The summed E-state index contributed by atoms with van der Waals surface area (Å²) in [6.07, 6.45) is 4.40. The minimum absolute atomic E-state index is 0.279. The highest BCUT2D eigenvalue weighted by molar-refractivity contribution is 5.91. The Bertz CT molecular complexity index is 1170. The van der Waals surface area contributed by atoms with Crippen LogP contribution in [0.5, 0.6) is 5.75 Å². The van der Waals surface area contributed by atoms with E-state index in [1.165, 1.54) is 17.8 Å². The first-order valence-corrected chi connectivity index (χ1v) is 9.45. The molecule has 0 aliphatic heterocycles. The largest absolute Gasteiger partial charge is 0.505 e. The van der Waals surface area contributed by atoms with Crippen molar-refractivity contribution in [1.82, 2.24) is 14.9 Å². The third-order valence-electron chi connectivity index (χ3n) is 4.74. The highest BCUT2D eigenvalue weighted by Crippen LogP contribution is 2.26. The van der Waals surface area contributed by atoms with Gasteiger partial charge in [0.05, 0.1) is 12.5 Å². The van der Waals surface area contributed by atoms with E-state index in [0.717, 1.165) is 11.1 Å². The molecular weight excluding hydrogens is 400 g/mol. The molecule has 0 saturated carbocycles. The minimum Gasteiger partial charge on any atom is -0.505 e. The maximum atomic E-state index is 12.6. The maximum Gasteiger partial charge on any atom is 0.319 e. The zero-order valence-corrected chi connectivity index (χ0v) is 17.0. The molecule has 0 fully saturated rings. The van der Waals surface area contributed by atoms with Crippen LogP contribution < -0.4 is 16.2 Å². The molecule has 1 aromatic carbocycles. The summed E-state index contributed by atoms with van der Waals surface area (Å²) in [6, 6.07) is 9.07. The van der Waals surface area contributed by atoms with Crippen LogP contribution in [-0.2, 0) is 11.8 Å². The van der Waals surface area contributed by atoms with Gasteiger partial charge in [0, 0.05) is 31.2 Å². The van der Waals surface area contributed by atoms with Gasteiger partial charge in [0.1, 0.15) is 5.75 Å². The second-order valence-corrected chi connectivity index (χ2v) is 7.07. The lowest BCUT2D eigenvalue weighted by atomic mass is 9.98. The molecule has 1 unspecified atom stereocenters. The number of aryl methyl sites for hydroxylation is 2. The van der Waals surface area contributed by atoms with Gasteiger partial charge in [-0.1, -0.05) is 24.3 Å². The standard InChI is InChI=1S/C22H22N4O5/c1-13-12-26(2)21(30)19(20(13)29)25-22(31)24-17(10-18(27)28)15-6-3-5-14(9-15)16-7-4-8-23-11-16/h3-9,11-12,17,29H,10H2,1-2H3,(H,27,28)(H2,24,25,31). The van der Waals surface area contributed by atoms with Crippen LogP contribution in [0, 0.1) is 6.92 Å². The van der Waals surface area contributed by atoms with E-state index < -0.39 is 23.6 Å². The van der Waals surface area contributed by atoms with Crippen molar-refractivity contribution in [3.8, 4) is 16.9 Å². The van der Waals surface area contributed by atoms with Crippen molar-refractivity contribution >= 4 is 17.7 Å². The quantitative estimate of drug-likeness (QED) is 0.483. The van der Waals surface area contributed by atoms with Gasteiger partial charge in [-0.3, -0.25) is 14.6 Å². The van der Waals surface area contributed by atoms with Crippen LogP contribution in [0.4, 0.5) is 10.5 Å². The maximum absolute atomic E-state index is 12.6. The van der Waals surface area contributed by atoms with E-state index in [1.807, 2.05) is 12.1 Å². The van der Waals surface area contributed by atoms with Gasteiger partial charge in [0.25, 0.3) is 5.56 Å². The van der Waals surface area contributed by atoms with Crippen molar-refractivity contribution in [3.63, 3.8) is 0 Å². The molecular formula is C22H22N4O5. The van der Waals surface area contributed by atoms with Crippen LogP contribution in [0.2, 0.25) is 0 Å². The number of hydrogen-bond donors (Lipinski definition) is 4. The Hall–Kier alpha value is -4.14. The fourth-order valence-electron chi connectivity index (χ4n) is 3.20. The number of pyridine rings is 2. The first-order valence-electron chi connectivity index (χ1n) is 9.45. The van der Waals surface area contributed by atoms with E-state index in [2.05, 4.69) is 15.6 Å². The van der Waals surface area contributed by atoms with Gasteiger partial charge < -0.3 is 25.4 Å². The van der Waals surface area contributed by atoms with Crippen molar-refractivity contribution in [2.24, 2.45) is 7.05 Å². The molecule has 9 heteroatoms. The zero-order chi connectivity index (χ0) is 22.5. The first-order chi connectivity index (χ1) is 14.8. The molecule has 4 N–H and O–H groups in total. The van der Waals surface area contributed by atoms with E-state index in [-0.39, 0.29) is 17.9 Å². The van der Waals surface area contributed by atoms with Crippen molar-refractivity contribution in [1.29, 1.82) is 0 Å². The normalized spacial score (nSPS) is 11.5. The molecule has 0 bridgehead atoms. The van der Waals surface area contributed by atoms with E-state index in [1.54, 1.807) is 43.6 Å². The number of urea groups is 1. The first kappa shape index (κ1) is 21.6. The number of benzene rings is 1. The molecule has 9 nitrogen and oxygen atoms in total. The number of amides is 2. The Kier molecular flexibility index (Phi) is 6.35. The third-order valence-corrected chi connectivity index (χ3v) is 4.74. The topological polar surface area (TPSA) is 134 Å². The number of rotatable bonds is 6. The molecule has 1 atom stereocenters. The molecule has 2 amide bonds. The highest BCUT2D eigenvalue weighted by Gasteiger charge is 2.21. The number of nitrogens with zero attached hydrogens (tertiary/aromatic N) is 2. The Balaban J connectivity index is 1.87. The van der Waals surface area contributed by atoms with Gasteiger partial charge in [-0.25, -0.2) is 4.79 Å². The second-order valence-electron chi connectivity index (χ2n) is 7.07. The average Bonchev–Trinajstić information content (AvgIpc) is 2.75. The van der Waals surface area contributed by atoms with Crippen molar-refractivity contribution in [2.45, 2.75) is 19.4 Å². The number of carboxylic acid groups (broad SMARTS) is 1. The SMILES string of the molecule is Cc1cn(C)c(=O)c(NC(=O)NC(CC(=O)O)c2cccc(-c3cccnc3)c2)c1O. The molecule has 0 radical (unpaired) electrons. The summed E-state index contributed by atoms with van der Waals surface area (Å²) in [6.45, 7) is 1.59. The minimum atomic E-state index is -1.11. The van der Waals surface area contributed by atoms with Gasteiger partial charge in [-0.2, -0.15) is 0 Å². The number of aromatic hydroxyl groups is 1. The van der Waals surface area contributed by atoms with Crippen LogP contribution >= 0.6 is 0 Å². The van der Waals surface area contributed by atoms with Crippen LogP contribution in [0.1, 0.15) is 23.6 Å². The smallest absolute Gasteiger partial charge is 0.319 e. The molecule has 0 saturated heterocycles. The van der Waals surface area contributed by atoms with Crippen molar-refractivity contribution in [3.05, 3.63) is 76.5 Å². The van der Waals surface area contributed by atoms with Crippen molar-refractivity contribution in [2.75, 3.05) is 5.32 Å². The average molecular weight is 422 g/mol. The predicted octanol–water partition coefficient (Wildman–Crippen LogP) is 2.80. The third kappa shape index (κ3) is 5.08. The van der Waals surface area contributed by atoms with Crippen LogP contribution in [0.15, 0.2) is 59.8 Å². The summed E-state index contributed by atoms with van der Waals surface area (Å²) in [4.78, 5) is 40.3. The number of carboxylic acids is 1. The van der Waals surface area contributed by atoms with Gasteiger partial charge in [0.15, 0.2) is 5.69 Å². The second kappa shape index (κ2) is 9.12. The monoisotopic (exact) mass is 422 g/mol. The van der Waals surface area contributed by atoms with E-state index in [0.29, 0.717) is 11.1 Å². The lowest BCUT2D eigenvalue weighted by Gasteiger charge is -2.19. The van der Waals surface area contributed by atoms with Crippen LogP contribution in [0.3, 0.4) is 0 Å². The number of nitrogens with one attached hydrogen (secondary N) is 2. The predicted molar refractivity (Wildman–Crippen MR) is 115 cm³/mol. The van der Waals surface area contributed by atoms with Crippen molar-refractivity contribution < 1.29 is 19.8 Å². The fourth-order valence-corrected chi connectivity index (χ4v) is 3.20. The van der Waals surface area contributed by atoms with Gasteiger partial charge >= 0.3 is 12.0 Å². The van der Waals surface area contributed by atoms with Gasteiger partial charge in [-0.05, 0) is 35.7 Å². The summed E-state index contributed by atoms with van der Waals surface area (Å²) in [7, 11) is 1.50. The molecule has 3 rings (SSSR count). The number of carbonyl (C=O) groups excluding carboxylic acids is 1. The molecule has 2 aromatic heterocycles. The number of carbonyl (C=O) groups is 2. The lowest BCUT2D eigenvalue weighted by molar-refractivity contribution is -0.137. The Morgan fingerprint density at radius 1 is 1.19 bits per heavy atom. The van der Waals surface area contributed by atoms with E-state index in [9.17, 15) is 24.6 Å². The Morgan fingerprint density at radius 3 is 2.61 bits per heavy atom. The molecule has 0 aliphatic carbocycles. The summed E-state index contributed by atoms with van der Waals surface area (Å²) in [5, 5.41) is 24.4. The zero-order valence-electron chi connectivity index (χ0n) is 17.0. The van der Waals surface area contributed by atoms with Crippen LogP contribution in [-0.4, -0.2) is 31.8 Å². The van der Waals surface area contributed by atoms with E-state index >= 15 is 0 Å². The summed E-state index contributed by atoms with van der Waals surface area (Å²) < 4.78 is 1.23. The molecule has 3 aromatic rings. The molecule has 2 heterocycles. The molecule has 160 valence electrons. The van der Waals surface area contributed by atoms with Gasteiger partial charge in [0.2, 0.25) is 0 Å². The molecule has 31 heavy (non-hydrogen) atoms. The summed E-state index contributed by atoms with van der Waals surface area (Å²) in [5.41, 5.74) is 1.76. The Morgan fingerprint density at radius 2 is 1.94 bits per heavy atom. The summed E-state index contributed by atoms with van der Waals surface area (Å²) in [5.74, 6) is -1.45. The Labute approximate surface area is 178 Å². The van der Waals surface area contributed by atoms with Crippen LogP contribution in [0.25, 0.3) is 11.1 Å². The molecule has 0 spiro atoms. The number of hydrogen-bond acceptors (Lipinski definition) is 5. The van der Waals surface area contributed by atoms with E-state index in [4.69, 9.17) is 0 Å². The number of aromatic nitrogens is 2. The molecule has 0 aliphatic rings. The number of aliphatic carboxylic acids is 1.